The van der Waals surface area contributed by atoms with Crippen molar-refractivity contribution in [1.29, 1.82) is 0 Å². The molecule has 32 heavy (non-hydrogen) atoms. The summed E-state index contributed by atoms with van der Waals surface area (Å²) in [5, 5.41) is 24.2. The maximum Gasteiger partial charge on any atom is 0.332 e. The molecule has 166 valence electrons. The molecule has 8 heteroatoms. The summed E-state index contributed by atoms with van der Waals surface area (Å²) in [4.78, 5) is 40.5. The van der Waals surface area contributed by atoms with E-state index in [0.717, 1.165) is 16.3 Å². The molecule has 4 N–H and O–H groups in total. The van der Waals surface area contributed by atoms with Gasteiger partial charge in [-0.2, -0.15) is 5.48 Å². The second-order valence-corrected chi connectivity index (χ2v) is 7.22. The molecule has 0 bridgehead atoms. The molecule has 2 amide bonds. The van der Waals surface area contributed by atoms with Crippen LogP contribution < -0.4 is 10.8 Å². The van der Waals surface area contributed by atoms with Gasteiger partial charge in [-0.3, -0.25) is 9.59 Å². The standard InChI is InChI=1S/C24H24N2O6/c27-20(12-6-9-16-7-2-1-3-8-16)32-26-24(31)22(29)21(28)23(30)25-19-14-13-17-10-4-5-11-18(17)15-19/h1-5,7-8,10-11,13-15,21-22,28-29H,6,9,12H2,(H,25,30)(H,26,31). The molecule has 2 atom stereocenters. The average Bonchev–Trinajstić information content (AvgIpc) is 2.82. The Morgan fingerprint density at radius 1 is 0.812 bits per heavy atom. The number of amides is 2. The number of carbonyl (C=O) groups excluding carboxylic acids is 3. The molecule has 3 aromatic rings. The van der Waals surface area contributed by atoms with Crippen LogP contribution in [0.1, 0.15) is 18.4 Å². The van der Waals surface area contributed by atoms with Gasteiger partial charge >= 0.3 is 5.97 Å². The first kappa shape index (κ1) is 22.9. The van der Waals surface area contributed by atoms with E-state index >= 15 is 0 Å². The zero-order valence-electron chi connectivity index (χ0n) is 17.2. The predicted molar refractivity (Wildman–Crippen MR) is 118 cm³/mol. The maximum absolute atomic E-state index is 12.2. The summed E-state index contributed by atoms with van der Waals surface area (Å²) in [6, 6.07) is 22.2. The molecule has 0 heterocycles. The third kappa shape index (κ3) is 6.37. The Balaban J connectivity index is 1.43. The summed E-state index contributed by atoms with van der Waals surface area (Å²) in [5.41, 5.74) is 3.24. The molecule has 2 unspecified atom stereocenters. The van der Waals surface area contributed by atoms with Gasteiger partial charge in [-0.25, -0.2) is 4.79 Å². The number of aliphatic hydroxyl groups excluding tert-OH is 2. The van der Waals surface area contributed by atoms with Gasteiger partial charge in [0.05, 0.1) is 0 Å². The number of aryl methyl sites for hydroxylation is 1. The largest absolute Gasteiger partial charge is 0.380 e. The molecule has 8 nitrogen and oxygen atoms in total. The van der Waals surface area contributed by atoms with Crippen LogP contribution in [0.25, 0.3) is 10.8 Å². The minimum atomic E-state index is -2.12. The number of fused-ring (bicyclic) bond motifs is 1. The van der Waals surface area contributed by atoms with Crippen LogP contribution in [0.5, 0.6) is 0 Å². The highest BCUT2D eigenvalue weighted by atomic mass is 16.7. The normalized spacial score (nSPS) is 12.6. The van der Waals surface area contributed by atoms with Crippen LogP contribution in [-0.4, -0.2) is 40.2 Å². The fourth-order valence-electron chi connectivity index (χ4n) is 3.07. The van der Waals surface area contributed by atoms with Crippen LogP contribution >= 0.6 is 0 Å². The van der Waals surface area contributed by atoms with E-state index in [2.05, 4.69) is 10.2 Å². The quantitative estimate of drug-likeness (QED) is 0.401. The van der Waals surface area contributed by atoms with Crippen molar-refractivity contribution in [2.24, 2.45) is 0 Å². The number of hydrogen-bond donors (Lipinski definition) is 4. The summed E-state index contributed by atoms with van der Waals surface area (Å²) in [7, 11) is 0. The van der Waals surface area contributed by atoms with E-state index in [1.807, 2.05) is 54.6 Å². The van der Waals surface area contributed by atoms with Crippen LogP contribution in [0.3, 0.4) is 0 Å². The number of anilines is 1. The van der Waals surface area contributed by atoms with Gasteiger partial charge in [0, 0.05) is 12.1 Å². The van der Waals surface area contributed by atoms with Crippen LogP contribution in [0, 0.1) is 0 Å². The lowest BCUT2D eigenvalue weighted by molar-refractivity contribution is -0.164. The molecule has 0 aliphatic carbocycles. The zero-order chi connectivity index (χ0) is 22.9. The van der Waals surface area contributed by atoms with E-state index in [-0.39, 0.29) is 6.42 Å². The fourth-order valence-corrected chi connectivity index (χ4v) is 3.07. The summed E-state index contributed by atoms with van der Waals surface area (Å²) in [6.45, 7) is 0. The Morgan fingerprint density at radius 2 is 1.47 bits per heavy atom. The van der Waals surface area contributed by atoms with Crippen LogP contribution in [0.2, 0.25) is 0 Å². The van der Waals surface area contributed by atoms with Gasteiger partial charge < -0.3 is 20.4 Å². The van der Waals surface area contributed by atoms with Crippen molar-refractivity contribution in [3.63, 3.8) is 0 Å². The van der Waals surface area contributed by atoms with Crippen molar-refractivity contribution in [2.45, 2.75) is 31.5 Å². The molecule has 0 fully saturated rings. The number of benzene rings is 3. The number of carbonyl (C=O) groups is 3. The molecule has 3 rings (SSSR count). The lowest BCUT2D eigenvalue weighted by Crippen LogP contribution is -2.48. The second kappa shape index (κ2) is 11.0. The third-order valence-electron chi connectivity index (χ3n) is 4.81. The van der Waals surface area contributed by atoms with Crippen molar-refractivity contribution in [3.05, 3.63) is 78.4 Å². The second-order valence-electron chi connectivity index (χ2n) is 7.22. The Hall–Kier alpha value is -3.75. The van der Waals surface area contributed by atoms with Gasteiger partial charge in [-0.15, -0.1) is 0 Å². The average molecular weight is 436 g/mol. The van der Waals surface area contributed by atoms with Crippen molar-refractivity contribution in [1.82, 2.24) is 5.48 Å². The monoisotopic (exact) mass is 436 g/mol. The Labute approximate surface area is 184 Å². The molecule has 0 aliphatic heterocycles. The summed E-state index contributed by atoms with van der Waals surface area (Å²) in [5.74, 6) is -2.88. The smallest absolute Gasteiger partial charge is 0.332 e. The molecule has 0 aliphatic rings. The first-order valence-electron chi connectivity index (χ1n) is 10.1. The fraction of sp³-hybridized carbons (Fsp3) is 0.208. The summed E-state index contributed by atoms with van der Waals surface area (Å²) < 4.78 is 0. The molecule has 0 spiro atoms. The highest BCUT2D eigenvalue weighted by Gasteiger charge is 2.31. The van der Waals surface area contributed by atoms with Gasteiger partial charge in [0.1, 0.15) is 0 Å². The molecular formula is C24H24N2O6. The van der Waals surface area contributed by atoms with Gasteiger partial charge in [-0.1, -0.05) is 60.7 Å². The minimum absolute atomic E-state index is 0.0519. The van der Waals surface area contributed by atoms with Crippen molar-refractivity contribution in [3.8, 4) is 0 Å². The first-order valence-corrected chi connectivity index (χ1v) is 10.1. The van der Waals surface area contributed by atoms with E-state index in [1.165, 1.54) is 0 Å². The van der Waals surface area contributed by atoms with Crippen LogP contribution in [-0.2, 0) is 25.6 Å². The topological polar surface area (TPSA) is 125 Å². The maximum atomic E-state index is 12.2. The number of rotatable bonds is 8. The van der Waals surface area contributed by atoms with Crippen molar-refractivity contribution >= 4 is 34.2 Å². The van der Waals surface area contributed by atoms with E-state index in [9.17, 15) is 24.6 Å². The van der Waals surface area contributed by atoms with Crippen molar-refractivity contribution < 1.29 is 29.4 Å². The summed E-state index contributed by atoms with van der Waals surface area (Å²) in [6.07, 6.45) is -2.94. The molecule has 0 saturated carbocycles. The number of hydroxylamine groups is 1. The van der Waals surface area contributed by atoms with Gasteiger partial charge in [0.15, 0.2) is 12.2 Å². The van der Waals surface area contributed by atoms with Gasteiger partial charge in [-0.05, 0) is 41.3 Å². The number of aliphatic hydroxyl groups is 2. The van der Waals surface area contributed by atoms with E-state index < -0.39 is 30.0 Å². The highest BCUT2D eigenvalue weighted by Crippen LogP contribution is 2.19. The molecule has 0 aromatic heterocycles. The van der Waals surface area contributed by atoms with Crippen molar-refractivity contribution in [2.75, 3.05) is 5.32 Å². The minimum Gasteiger partial charge on any atom is -0.380 e. The van der Waals surface area contributed by atoms with Crippen LogP contribution in [0.15, 0.2) is 72.8 Å². The van der Waals surface area contributed by atoms with E-state index in [1.54, 1.807) is 23.7 Å². The molecule has 0 saturated heterocycles. The first-order chi connectivity index (χ1) is 15.4. The zero-order valence-corrected chi connectivity index (χ0v) is 17.2. The Kier molecular flexibility index (Phi) is 7.91. The van der Waals surface area contributed by atoms with E-state index in [0.29, 0.717) is 18.5 Å². The Morgan fingerprint density at radius 3 is 2.22 bits per heavy atom. The SMILES string of the molecule is O=C(CCCc1ccccc1)ONC(=O)C(O)C(O)C(=O)Nc1ccc2ccccc2c1. The lowest BCUT2D eigenvalue weighted by Gasteiger charge is -2.17. The molecular weight excluding hydrogens is 412 g/mol. The van der Waals surface area contributed by atoms with Gasteiger partial charge in [0.2, 0.25) is 0 Å². The lowest BCUT2D eigenvalue weighted by atomic mass is 10.1. The number of nitrogens with one attached hydrogen (secondary N) is 2. The predicted octanol–water partition coefficient (Wildman–Crippen LogP) is 2.10. The third-order valence-corrected chi connectivity index (χ3v) is 4.81. The summed E-state index contributed by atoms with van der Waals surface area (Å²) >= 11 is 0. The molecule has 3 aromatic carbocycles. The van der Waals surface area contributed by atoms with E-state index in [4.69, 9.17) is 0 Å². The molecule has 0 radical (unpaired) electrons. The van der Waals surface area contributed by atoms with Gasteiger partial charge in [0.25, 0.3) is 11.8 Å². The highest BCUT2D eigenvalue weighted by molar-refractivity contribution is 5.99. The number of hydrogen-bond acceptors (Lipinski definition) is 6. The van der Waals surface area contributed by atoms with Crippen LogP contribution in [0.4, 0.5) is 5.69 Å². The Bertz CT molecular complexity index is 1090.